The second kappa shape index (κ2) is 7.40. The third kappa shape index (κ3) is 4.29. The molecule has 2 heterocycles. The highest BCUT2D eigenvalue weighted by Gasteiger charge is 2.16. The average molecular weight is 326 g/mol. The molecule has 0 unspecified atom stereocenters. The Morgan fingerprint density at radius 3 is 2.54 bits per heavy atom. The van der Waals surface area contributed by atoms with Gasteiger partial charge in [0.15, 0.2) is 0 Å². The zero-order valence-corrected chi connectivity index (χ0v) is 14.0. The highest BCUT2D eigenvalue weighted by molar-refractivity contribution is 5.94. The highest BCUT2D eigenvalue weighted by atomic mass is 16.5. The van der Waals surface area contributed by atoms with Gasteiger partial charge in [-0.25, -0.2) is 9.97 Å². The Labute approximate surface area is 141 Å². The molecule has 1 aromatic carbocycles. The van der Waals surface area contributed by atoms with Gasteiger partial charge in [0, 0.05) is 35.8 Å². The number of aromatic nitrogens is 2. The van der Waals surface area contributed by atoms with Gasteiger partial charge < -0.3 is 15.4 Å². The van der Waals surface area contributed by atoms with E-state index in [0.29, 0.717) is 18.1 Å². The van der Waals surface area contributed by atoms with Crippen LogP contribution in [0, 0.1) is 13.8 Å². The first-order valence-corrected chi connectivity index (χ1v) is 8.19. The van der Waals surface area contributed by atoms with Gasteiger partial charge in [0.05, 0.1) is 6.10 Å². The molecular formula is C18H22N4O2. The van der Waals surface area contributed by atoms with Crippen LogP contribution in [0.25, 0.3) is 0 Å². The summed E-state index contributed by atoms with van der Waals surface area (Å²) in [4.78, 5) is 20.8. The summed E-state index contributed by atoms with van der Waals surface area (Å²) in [6.07, 6.45) is 2.23. The van der Waals surface area contributed by atoms with Gasteiger partial charge in [-0.05, 0) is 57.0 Å². The third-order valence-corrected chi connectivity index (χ3v) is 3.90. The number of ether oxygens (including phenoxy) is 1. The maximum Gasteiger partial charge on any atom is 0.251 e. The normalized spacial score (nSPS) is 16.8. The van der Waals surface area contributed by atoms with Gasteiger partial charge in [0.25, 0.3) is 5.91 Å². The van der Waals surface area contributed by atoms with Gasteiger partial charge in [-0.3, -0.25) is 4.79 Å². The molecular weight excluding hydrogens is 304 g/mol. The van der Waals surface area contributed by atoms with Crippen LogP contribution >= 0.6 is 0 Å². The number of aryl methyl sites for hydroxylation is 2. The first-order valence-electron chi connectivity index (χ1n) is 8.19. The standard InChI is InChI=1S/C18H22N4O2/c1-12-10-13(2)21-18(20-12)22-15-7-5-14(6-8-15)17(23)19-11-16-4-3-9-24-16/h5-8,10,16H,3-4,9,11H2,1-2H3,(H,19,23)(H,20,21,22)/t16-/m0/s1. The summed E-state index contributed by atoms with van der Waals surface area (Å²) in [6, 6.07) is 9.20. The first kappa shape index (κ1) is 16.4. The summed E-state index contributed by atoms with van der Waals surface area (Å²) in [5, 5.41) is 6.07. The van der Waals surface area contributed by atoms with Gasteiger partial charge in [-0.1, -0.05) is 0 Å². The SMILES string of the molecule is Cc1cc(C)nc(Nc2ccc(C(=O)NC[C@@H]3CCCO3)cc2)n1. The highest BCUT2D eigenvalue weighted by Crippen LogP contribution is 2.15. The maximum absolute atomic E-state index is 12.1. The molecule has 0 radical (unpaired) electrons. The van der Waals surface area contributed by atoms with Crippen molar-refractivity contribution < 1.29 is 9.53 Å². The lowest BCUT2D eigenvalue weighted by Gasteiger charge is -2.11. The molecule has 6 nitrogen and oxygen atoms in total. The lowest BCUT2D eigenvalue weighted by Crippen LogP contribution is -2.31. The van der Waals surface area contributed by atoms with Crippen molar-refractivity contribution in [3.8, 4) is 0 Å². The van der Waals surface area contributed by atoms with Crippen molar-refractivity contribution in [2.24, 2.45) is 0 Å². The second-order valence-corrected chi connectivity index (χ2v) is 6.02. The van der Waals surface area contributed by atoms with Crippen molar-refractivity contribution in [3.63, 3.8) is 0 Å². The molecule has 0 spiro atoms. The van der Waals surface area contributed by atoms with Crippen molar-refractivity contribution in [2.75, 3.05) is 18.5 Å². The molecule has 6 heteroatoms. The minimum atomic E-state index is -0.0836. The van der Waals surface area contributed by atoms with E-state index in [2.05, 4.69) is 20.6 Å². The molecule has 1 fully saturated rings. The zero-order valence-electron chi connectivity index (χ0n) is 14.0. The monoisotopic (exact) mass is 326 g/mol. The molecule has 1 atom stereocenters. The molecule has 2 aromatic rings. The van der Waals surface area contributed by atoms with E-state index in [0.717, 1.165) is 36.5 Å². The summed E-state index contributed by atoms with van der Waals surface area (Å²) in [7, 11) is 0. The topological polar surface area (TPSA) is 76.1 Å². The minimum absolute atomic E-state index is 0.0836. The summed E-state index contributed by atoms with van der Waals surface area (Å²) in [5.74, 6) is 0.475. The van der Waals surface area contributed by atoms with Crippen LogP contribution in [0.15, 0.2) is 30.3 Å². The van der Waals surface area contributed by atoms with E-state index in [1.54, 1.807) is 12.1 Å². The first-order chi connectivity index (χ1) is 11.6. The molecule has 1 aliphatic heterocycles. The van der Waals surface area contributed by atoms with Gasteiger partial charge in [0.1, 0.15) is 0 Å². The van der Waals surface area contributed by atoms with Crippen LogP contribution in [0.2, 0.25) is 0 Å². The van der Waals surface area contributed by atoms with Crippen LogP contribution in [0.3, 0.4) is 0 Å². The van der Waals surface area contributed by atoms with Crippen LogP contribution in [0.4, 0.5) is 11.6 Å². The molecule has 0 aliphatic carbocycles. The van der Waals surface area contributed by atoms with E-state index in [9.17, 15) is 4.79 Å². The summed E-state index contributed by atoms with van der Waals surface area (Å²) in [5.41, 5.74) is 3.29. The Hall–Kier alpha value is -2.47. The van der Waals surface area contributed by atoms with Crippen molar-refractivity contribution >= 4 is 17.5 Å². The average Bonchev–Trinajstić information content (AvgIpc) is 3.06. The van der Waals surface area contributed by atoms with Crippen LogP contribution in [-0.4, -0.2) is 35.1 Å². The van der Waals surface area contributed by atoms with Crippen LogP contribution in [0.5, 0.6) is 0 Å². The van der Waals surface area contributed by atoms with E-state index >= 15 is 0 Å². The summed E-state index contributed by atoms with van der Waals surface area (Å²) < 4.78 is 5.51. The largest absolute Gasteiger partial charge is 0.376 e. The molecule has 2 N–H and O–H groups in total. The molecule has 0 bridgehead atoms. The van der Waals surface area contributed by atoms with Crippen molar-refractivity contribution in [3.05, 3.63) is 47.3 Å². The van der Waals surface area contributed by atoms with Gasteiger partial charge in [-0.15, -0.1) is 0 Å². The van der Waals surface area contributed by atoms with E-state index in [-0.39, 0.29) is 12.0 Å². The number of carbonyl (C=O) groups excluding carboxylic acids is 1. The van der Waals surface area contributed by atoms with Gasteiger partial charge >= 0.3 is 0 Å². The van der Waals surface area contributed by atoms with Crippen molar-refractivity contribution in [1.82, 2.24) is 15.3 Å². The van der Waals surface area contributed by atoms with E-state index < -0.39 is 0 Å². The predicted octanol–water partition coefficient (Wildman–Crippen LogP) is 2.75. The fraction of sp³-hybridized carbons (Fsp3) is 0.389. The number of nitrogens with zero attached hydrogens (tertiary/aromatic N) is 2. The van der Waals surface area contributed by atoms with E-state index in [1.807, 2.05) is 32.0 Å². The fourth-order valence-corrected chi connectivity index (χ4v) is 2.73. The van der Waals surface area contributed by atoms with Crippen molar-refractivity contribution in [1.29, 1.82) is 0 Å². The van der Waals surface area contributed by atoms with E-state index in [1.165, 1.54) is 0 Å². The Morgan fingerprint density at radius 2 is 1.92 bits per heavy atom. The fourth-order valence-electron chi connectivity index (χ4n) is 2.73. The molecule has 24 heavy (non-hydrogen) atoms. The van der Waals surface area contributed by atoms with Crippen LogP contribution in [-0.2, 0) is 4.74 Å². The number of anilines is 2. The minimum Gasteiger partial charge on any atom is -0.376 e. The number of carbonyl (C=O) groups is 1. The number of hydrogen-bond acceptors (Lipinski definition) is 5. The zero-order chi connectivity index (χ0) is 16.9. The second-order valence-electron chi connectivity index (χ2n) is 6.02. The molecule has 1 aliphatic rings. The number of nitrogens with one attached hydrogen (secondary N) is 2. The molecule has 1 amide bonds. The maximum atomic E-state index is 12.1. The Morgan fingerprint density at radius 1 is 1.21 bits per heavy atom. The molecule has 126 valence electrons. The summed E-state index contributed by atoms with van der Waals surface area (Å²) >= 11 is 0. The Bertz CT molecular complexity index is 689. The van der Waals surface area contributed by atoms with Crippen LogP contribution < -0.4 is 10.6 Å². The molecule has 1 saturated heterocycles. The molecule has 0 saturated carbocycles. The third-order valence-electron chi connectivity index (χ3n) is 3.90. The number of amides is 1. The Kier molecular flexibility index (Phi) is 5.05. The molecule has 3 rings (SSSR count). The Balaban J connectivity index is 1.59. The lowest BCUT2D eigenvalue weighted by atomic mass is 10.2. The van der Waals surface area contributed by atoms with Crippen LogP contribution in [0.1, 0.15) is 34.6 Å². The number of benzene rings is 1. The predicted molar refractivity (Wildman–Crippen MR) is 92.5 cm³/mol. The van der Waals surface area contributed by atoms with Gasteiger partial charge in [0.2, 0.25) is 5.95 Å². The lowest BCUT2D eigenvalue weighted by molar-refractivity contribution is 0.0858. The quantitative estimate of drug-likeness (QED) is 0.883. The van der Waals surface area contributed by atoms with Crippen molar-refractivity contribution in [2.45, 2.75) is 32.8 Å². The van der Waals surface area contributed by atoms with Gasteiger partial charge in [-0.2, -0.15) is 0 Å². The summed E-state index contributed by atoms with van der Waals surface area (Å²) in [6.45, 7) is 5.22. The number of rotatable bonds is 5. The number of hydrogen-bond donors (Lipinski definition) is 2. The smallest absolute Gasteiger partial charge is 0.251 e. The molecule has 1 aromatic heterocycles. The van der Waals surface area contributed by atoms with E-state index in [4.69, 9.17) is 4.74 Å².